The molecular formula is C36H37N3O4. The second kappa shape index (κ2) is 11.9. The Morgan fingerprint density at radius 1 is 0.953 bits per heavy atom. The van der Waals surface area contributed by atoms with Crippen LogP contribution in [0.3, 0.4) is 0 Å². The number of carbonyl (C=O) groups excluding carboxylic acids is 2. The van der Waals surface area contributed by atoms with E-state index in [0.717, 1.165) is 38.9 Å². The van der Waals surface area contributed by atoms with E-state index in [2.05, 4.69) is 29.6 Å². The molecule has 4 aromatic carbocycles. The zero-order valence-corrected chi connectivity index (χ0v) is 24.5. The number of phenols is 1. The molecule has 0 saturated carbocycles. The van der Waals surface area contributed by atoms with Gasteiger partial charge in [0.15, 0.2) is 0 Å². The number of benzene rings is 4. The number of amides is 2. The minimum absolute atomic E-state index is 0.0557. The van der Waals surface area contributed by atoms with Gasteiger partial charge in [-0.15, -0.1) is 0 Å². The van der Waals surface area contributed by atoms with Gasteiger partial charge in [0.05, 0.1) is 12.1 Å². The molecule has 4 aromatic rings. The number of rotatable bonds is 7. The Bertz CT molecular complexity index is 1610. The smallest absolute Gasteiger partial charge is 0.407 e. The Labute approximate surface area is 252 Å². The molecule has 1 heterocycles. The monoisotopic (exact) mass is 575 g/mol. The third-order valence-electron chi connectivity index (χ3n) is 8.79. The van der Waals surface area contributed by atoms with Crippen molar-refractivity contribution >= 4 is 12.0 Å². The third-order valence-corrected chi connectivity index (χ3v) is 8.79. The predicted molar refractivity (Wildman–Crippen MR) is 167 cm³/mol. The maximum Gasteiger partial charge on any atom is 0.407 e. The standard InChI is InChI=1S/C36H37N3O4/c1-22-15-27(40)16-23(2)32(22)18-26(20-39-19-25-10-4-3-9-24(25)17-34(37)35(39)41)38-36(42)43-21-33-30-13-7-5-11-28(30)29-12-6-8-14-31(29)33/h3-16,26,33-34,40H,17-21,37H2,1-2H3,(H,38,42). The van der Waals surface area contributed by atoms with Crippen LogP contribution in [-0.2, 0) is 28.9 Å². The molecule has 2 amide bonds. The highest BCUT2D eigenvalue weighted by Gasteiger charge is 2.31. The van der Waals surface area contributed by atoms with Crippen molar-refractivity contribution < 1.29 is 19.4 Å². The van der Waals surface area contributed by atoms with Gasteiger partial charge < -0.3 is 25.8 Å². The van der Waals surface area contributed by atoms with E-state index in [0.29, 0.717) is 19.4 Å². The summed E-state index contributed by atoms with van der Waals surface area (Å²) in [6, 6.07) is 26.8. The van der Waals surface area contributed by atoms with Crippen LogP contribution in [0.4, 0.5) is 4.79 Å². The van der Waals surface area contributed by atoms with Crippen molar-refractivity contribution in [3.8, 4) is 16.9 Å². The van der Waals surface area contributed by atoms with Gasteiger partial charge in [-0.25, -0.2) is 4.79 Å². The fraction of sp³-hybridized carbons (Fsp3) is 0.278. The Kier molecular flexibility index (Phi) is 7.91. The lowest BCUT2D eigenvalue weighted by Crippen LogP contribution is -2.50. The van der Waals surface area contributed by atoms with Crippen LogP contribution in [0.15, 0.2) is 84.9 Å². The molecule has 0 saturated heterocycles. The lowest BCUT2D eigenvalue weighted by molar-refractivity contribution is -0.133. The van der Waals surface area contributed by atoms with Crippen LogP contribution in [-0.4, -0.2) is 47.2 Å². The summed E-state index contributed by atoms with van der Waals surface area (Å²) in [5, 5.41) is 13.2. The third kappa shape index (κ3) is 5.86. The largest absolute Gasteiger partial charge is 0.508 e. The number of aromatic hydroxyl groups is 1. The molecule has 43 heavy (non-hydrogen) atoms. The van der Waals surface area contributed by atoms with Crippen molar-refractivity contribution in [1.29, 1.82) is 0 Å². The molecule has 6 rings (SSSR count). The van der Waals surface area contributed by atoms with Crippen LogP contribution >= 0.6 is 0 Å². The van der Waals surface area contributed by atoms with Crippen molar-refractivity contribution in [2.45, 2.75) is 51.2 Å². The Morgan fingerprint density at radius 2 is 1.53 bits per heavy atom. The van der Waals surface area contributed by atoms with Crippen LogP contribution in [0.5, 0.6) is 5.75 Å². The summed E-state index contributed by atoms with van der Waals surface area (Å²) in [7, 11) is 0. The summed E-state index contributed by atoms with van der Waals surface area (Å²) < 4.78 is 5.89. The molecule has 1 aliphatic heterocycles. The number of carbonyl (C=O) groups is 2. The van der Waals surface area contributed by atoms with Crippen LogP contribution in [0.25, 0.3) is 11.1 Å². The van der Waals surface area contributed by atoms with E-state index in [4.69, 9.17) is 10.5 Å². The van der Waals surface area contributed by atoms with E-state index in [1.54, 1.807) is 17.0 Å². The number of alkyl carbamates (subject to hydrolysis) is 1. The number of fused-ring (bicyclic) bond motifs is 4. The first-order chi connectivity index (χ1) is 20.8. The number of phenolic OH excluding ortho intramolecular Hbond substituents is 1. The summed E-state index contributed by atoms with van der Waals surface area (Å²) in [6.07, 6.45) is 0.405. The molecule has 2 aliphatic rings. The number of nitrogens with two attached hydrogens (primary N) is 1. The van der Waals surface area contributed by atoms with Crippen molar-refractivity contribution in [1.82, 2.24) is 10.2 Å². The van der Waals surface area contributed by atoms with Gasteiger partial charge in [0.2, 0.25) is 5.91 Å². The molecule has 2 unspecified atom stereocenters. The fourth-order valence-electron chi connectivity index (χ4n) is 6.68. The van der Waals surface area contributed by atoms with E-state index >= 15 is 0 Å². The van der Waals surface area contributed by atoms with E-state index in [1.165, 1.54) is 11.1 Å². The molecule has 0 spiro atoms. The van der Waals surface area contributed by atoms with Crippen LogP contribution in [0.2, 0.25) is 0 Å². The molecule has 2 atom stereocenters. The maximum absolute atomic E-state index is 13.4. The molecule has 4 N–H and O–H groups in total. The first kappa shape index (κ1) is 28.5. The van der Waals surface area contributed by atoms with Gasteiger partial charge in [-0.2, -0.15) is 0 Å². The van der Waals surface area contributed by atoms with Crippen LogP contribution < -0.4 is 11.1 Å². The SMILES string of the molecule is Cc1cc(O)cc(C)c1CC(CN1Cc2ccccc2CC(N)C1=O)NC(=O)OCC1c2ccccc2-c2ccccc21. The summed E-state index contributed by atoms with van der Waals surface area (Å²) in [4.78, 5) is 28.6. The Morgan fingerprint density at radius 3 is 2.19 bits per heavy atom. The molecular weight excluding hydrogens is 538 g/mol. The summed E-state index contributed by atoms with van der Waals surface area (Å²) >= 11 is 0. The summed E-state index contributed by atoms with van der Waals surface area (Å²) in [6.45, 7) is 4.76. The van der Waals surface area contributed by atoms with Gasteiger partial charge in [0, 0.05) is 19.0 Å². The average molecular weight is 576 g/mol. The highest BCUT2D eigenvalue weighted by atomic mass is 16.5. The lowest BCUT2D eigenvalue weighted by atomic mass is 9.95. The van der Waals surface area contributed by atoms with Gasteiger partial charge in [-0.3, -0.25) is 4.79 Å². The minimum Gasteiger partial charge on any atom is -0.508 e. The van der Waals surface area contributed by atoms with Crippen molar-refractivity contribution in [2.24, 2.45) is 5.73 Å². The van der Waals surface area contributed by atoms with E-state index in [-0.39, 0.29) is 30.7 Å². The zero-order chi connectivity index (χ0) is 30.1. The zero-order valence-electron chi connectivity index (χ0n) is 24.5. The second-order valence-corrected chi connectivity index (χ2v) is 11.7. The lowest BCUT2D eigenvalue weighted by Gasteiger charge is -2.29. The van der Waals surface area contributed by atoms with E-state index < -0.39 is 18.2 Å². The molecule has 0 radical (unpaired) electrons. The van der Waals surface area contributed by atoms with Gasteiger partial charge in [0.25, 0.3) is 0 Å². The van der Waals surface area contributed by atoms with Gasteiger partial charge in [0.1, 0.15) is 12.4 Å². The Balaban J connectivity index is 1.23. The topological polar surface area (TPSA) is 105 Å². The fourth-order valence-corrected chi connectivity index (χ4v) is 6.68. The molecule has 0 bridgehead atoms. The van der Waals surface area contributed by atoms with Crippen molar-refractivity contribution in [3.05, 3.63) is 124 Å². The number of nitrogens with one attached hydrogen (secondary N) is 1. The number of ether oxygens (including phenoxy) is 1. The molecule has 1 aliphatic carbocycles. The second-order valence-electron chi connectivity index (χ2n) is 11.7. The number of aryl methyl sites for hydroxylation is 2. The minimum atomic E-state index is -0.657. The van der Waals surface area contributed by atoms with Gasteiger partial charge in [-0.1, -0.05) is 72.8 Å². The maximum atomic E-state index is 13.4. The summed E-state index contributed by atoms with van der Waals surface area (Å²) in [5.41, 5.74) is 15.9. The molecule has 7 nitrogen and oxygen atoms in total. The van der Waals surface area contributed by atoms with Crippen molar-refractivity contribution in [3.63, 3.8) is 0 Å². The number of hydrogen-bond donors (Lipinski definition) is 3. The van der Waals surface area contributed by atoms with Gasteiger partial charge in [-0.05, 0) is 88.9 Å². The number of hydrogen-bond acceptors (Lipinski definition) is 5. The molecule has 220 valence electrons. The van der Waals surface area contributed by atoms with Crippen molar-refractivity contribution in [2.75, 3.05) is 13.2 Å². The first-order valence-corrected chi connectivity index (χ1v) is 14.8. The van der Waals surface area contributed by atoms with Crippen LogP contribution in [0.1, 0.15) is 44.9 Å². The van der Waals surface area contributed by atoms with E-state index in [9.17, 15) is 14.7 Å². The summed E-state index contributed by atoms with van der Waals surface area (Å²) in [5.74, 6) is -0.000342. The average Bonchev–Trinajstić information content (AvgIpc) is 3.25. The first-order valence-electron chi connectivity index (χ1n) is 14.8. The number of nitrogens with zero attached hydrogens (tertiary/aromatic N) is 1. The van der Waals surface area contributed by atoms with E-state index in [1.807, 2.05) is 62.4 Å². The quantitative estimate of drug-likeness (QED) is 0.275. The highest BCUT2D eigenvalue weighted by molar-refractivity contribution is 5.83. The Hall–Kier alpha value is -4.62. The molecule has 0 aromatic heterocycles. The predicted octanol–water partition coefficient (Wildman–Crippen LogP) is 5.37. The highest BCUT2D eigenvalue weighted by Crippen LogP contribution is 2.44. The normalized spacial score (nSPS) is 16.6. The molecule has 7 heteroatoms. The van der Waals surface area contributed by atoms with Gasteiger partial charge >= 0.3 is 6.09 Å². The molecule has 0 fully saturated rings. The van der Waals surface area contributed by atoms with Crippen LogP contribution in [0, 0.1) is 13.8 Å².